The van der Waals surface area contributed by atoms with E-state index >= 15 is 0 Å². The summed E-state index contributed by atoms with van der Waals surface area (Å²) in [6, 6.07) is 0. The van der Waals surface area contributed by atoms with E-state index in [1.807, 2.05) is 0 Å². The smallest absolute Gasteiger partial charge is 0.200 e. The predicted molar refractivity (Wildman–Crippen MR) is 80.0 cm³/mol. The fourth-order valence-electron chi connectivity index (χ4n) is 2.83. The molecule has 0 N–H and O–H groups in total. The Morgan fingerprint density at radius 2 is 1.06 bits per heavy atom. The molecule has 0 aliphatic rings. The minimum absolute atomic E-state index is 0.252. The quantitative estimate of drug-likeness (QED) is 0.530. The van der Waals surface area contributed by atoms with Crippen molar-refractivity contribution in [3.8, 4) is 0 Å². The molecular weight excluding hydrogens is 232 g/mol. The molecule has 0 saturated heterocycles. The van der Waals surface area contributed by atoms with Gasteiger partial charge in [0.25, 0.3) is 0 Å². The number of thiol groups is 1. The maximum atomic E-state index is 6.55. The van der Waals surface area contributed by atoms with E-state index < -0.39 is 8.32 Å². The molecule has 0 aromatic heterocycles. The Labute approximate surface area is 109 Å². The minimum atomic E-state index is -1.70. The van der Waals surface area contributed by atoms with Crippen LogP contribution in [0.4, 0.5) is 0 Å². The number of rotatable bonds is 6. The van der Waals surface area contributed by atoms with Crippen LogP contribution in [-0.4, -0.2) is 19.7 Å². The maximum Gasteiger partial charge on any atom is 0.200 e. The van der Waals surface area contributed by atoms with Crippen LogP contribution in [0.1, 0.15) is 55.4 Å². The summed E-state index contributed by atoms with van der Waals surface area (Å²) in [5, 5.41) is 0.308. The topological polar surface area (TPSA) is 9.23 Å². The second-order valence-corrected chi connectivity index (χ2v) is 12.1. The summed E-state index contributed by atoms with van der Waals surface area (Å²) in [6.45, 7) is 18.2. The van der Waals surface area contributed by atoms with Gasteiger partial charge in [-0.2, -0.15) is 12.6 Å². The van der Waals surface area contributed by atoms with Crippen molar-refractivity contribution in [2.75, 3.05) is 0 Å². The summed E-state index contributed by atoms with van der Waals surface area (Å²) in [7, 11) is -1.70. The molecule has 0 spiro atoms. The third-order valence-corrected chi connectivity index (χ3v) is 10.4. The van der Waals surface area contributed by atoms with Crippen LogP contribution in [0.15, 0.2) is 0 Å². The summed E-state index contributed by atoms with van der Waals surface area (Å²) in [6.07, 6.45) is 0.252. The zero-order valence-electron chi connectivity index (χ0n) is 12.2. The van der Waals surface area contributed by atoms with E-state index in [0.717, 1.165) is 0 Å². The molecule has 0 aromatic rings. The van der Waals surface area contributed by atoms with Gasteiger partial charge in [-0.25, -0.2) is 0 Å². The number of hydrogen-bond donors (Lipinski definition) is 1. The van der Waals surface area contributed by atoms with E-state index in [1.165, 1.54) is 0 Å². The molecule has 98 valence electrons. The normalized spacial score (nSPS) is 17.2. The van der Waals surface area contributed by atoms with Gasteiger partial charge in [-0.05, 0) is 23.5 Å². The molecule has 2 atom stereocenters. The molecule has 0 aliphatic heterocycles. The van der Waals surface area contributed by atoms with Crippen molar-refractivity contribution in [2.45, 2.75) is 83.4 Å². The van der Waals surface area contributed by atoms with Gasteiger partial charge >= 0.3 is 0 Å². The van der Waals surface area contributed by atoms with Crippen molar-refractivity contribution < 1.29 is 4.43 Å². The van der Waals surface area contributed by atoms with Gasteiger partial charge in [0.15, 0.2) is 0 Å². The SMILES string of the molecule is CC(C)[Si](O[C@H](C)[C@@H](C)S)(C(C)C)C(C)C. The fourth-order valence-corrected chi connectivity index (χ4v) is 8.67. The molecule has 0 radical (unpaired) electrons. The molecule has 3 heteroatoms. The summed E-state index contributed by atoms with van der Waals surface area (Å²) >= 11 is 4.51. The molecular formula is C13H30OSSi. The Hall–Kier alpha value is 0.527. The van der Waals surface area contributed by atoms with Crippen LogP contribution < -0.4 is 0 Å². The van der Waals surface area contributed by atoms with Gasteiger partial charge in [-0.1, -0.05) is 48.5 Å². The van der Waals surface area contributed by atoms with Crippen LogP contribution >= 0.6 is 12.6 Å². The van der Waals surface area contributed by atoms with Crippen LogP contribution in [0.25, 0.3) is 0 Å². The molecule has 0 aliphatic carbocycles. The highest BCUT2D eigenvalue weighted by molar-refractivity contribution is 7.81. The zero-order valence-corrected chi connectivity index (χ0v) is 14.1. The van der Waals surface area contributed by atoms with Crippen LogP contribution in [-0.2, 0) is 4.43 Å². The lowest BCUT2D eigenvalue weighted by Gasteiger charge is -2.44. The van der Waals surface area contributed by atoms with E-state index in [9.17, 15) is 0 Å². The van der Waals surface area contributed by atoms with Crippen LogP contribution in [0, 0.1) is 0 Å². The average Bonchev–Trinajstić information content (AvgIpc) is 2.11. The van der Waals surface area contributed by atoms with Gasteiger partial charge in [-0.15, -0.1) is 0 Å². The first-order valence-corrected chi connectivity index (χ1v) is 9.17. The summed E-state index contributed by atoms with van der Waals surface area (Å²) in [5.41, 5.74) is 1.96. The van der Waals surface area contributed by atoms with Crippen molar-refractivity contribution in [1.82, 2.24) is 0 Å². The van der Waals surface area contributed by atoms with Gasteiger partial charge in [-0.3, -0.25) is 0 Å². The molecule has 16 heavy (non-hydrogen) atoms. The largest absolute Gasteiger partial charge is 0.412 e. The van der Waals surface area contributed by atoms with E-state index in [1.54, 1.807) is 0 Å². The molecule has 0 rings (SSSR count). The Morgan fingerprint density at radius 3 is 1.25 bits per heavy atom. The Kier molecular flexibility index (Phi) is 6.67. The third-order valence-electron chi connectivity index (χ3n) is 3.78. The van der Waals surface area contributed by atoms with Crippen LogP contribution in [0.2, 0.25) is 16.6 Å². The lowest BCUT2D eigenvalue weighted by Crippen LogP contribution is -2.50. The number of hydrogen-bond acceptors (Lipinski definition) is 2. The van der Waals surface area contributed by atoms with Gasteiger partial charge < -0.3 is 4.43 Å². The van der Waals surface area contributed by atoms with Gasteiger partial charge in [0.1, 0.15) is 0 Å². The maximum absolute atomic E-state index is 6.55. The molecule has 0 fully saturated rings. The minimum Gasteiger partial charge on any atom is -0.412 e. The first-order chi connectivity index (χ1) is 7.16. The summed E-state index contributed by atoms with van der Waals surface area (Å²) < 4.78 is 6.55. The lowest BCUT2D eigenvalue weighted by molar-refractivity contribution is 0.193. The molecule has 0 heterocycles. The highest BCUT2D eigenvalue weighted by Gasteiger charge is 2.46. The van der Waals surface area contributed by atoms with E-state index in [-0.39, 0.29) is 6.10 Å². The van der Waals surface area contributed by atoms with E-state index in [4.69, 9.17) is 4.43 Å². The van der Waals surface area contributed by atoms with Gasteiger partial charge in [0, 0.05) is 5.25 Å². The molecule has 0 saturated carbocycles. The van der Waals surface area contributed by atoms with Crippen molar-refractivity contribution >= 4 is 20.9 Å². The van der Waals surface area contributed by atoms with Gasteiger partial charge in [0.05, 0.1) is 6.10 Å². The first kappa shape index (κ1) is 16.5. The van der Waals surface area contributed by atoms with Crippen LogP contribution in [0.3, 0.4) is 0 Å². The van der Waals surface area contributed by atoms with E-state index in [0.29, 0.717) is 21.9 Å². The molecule has 0 aromatic carbocycles. The summed E-state index contributed by atoms with van der Waals surface area (Å²) in [4.78, 5) is 0. The summed E-state index contributed by atoms with van der Waals surface area (Å²) in [5.74, 6) is 0. The lowest BCUT2D eigenvalue weighted by atomic mass is 10.3. The Bertz CT molecular complexity index is 180. The Morgan fingerprint density at radius 1 is 0.750 bits per heavy atom. The predicted octanol–water partition coefficient (Wildman–Crippen LogP) is 4.89. The van der Waals surface area contributed by atoms with Crippen molar-refractivity contribution in [2.24, 2.45) is 0 Å². The highest BCUT2D eigenvalue weighted by atomic mass is 32.1. The van der Waals surface area contributed by atoms with Crippen molar-refractivity contribution in [3.05, 3.63) is 0 Å². The van der Waals surface area contributed by atoms with Crippen molar-refractivity contribution in [1.29, 1.82) is 0 Å². The fraction of sp³-hybridized carbons (Fsp3) is 1.00. The molecule has 1 nitrogen and oxygen atoms in total. The zero-order chi connectivity index (χ0) is 13.1. The molecule has 0 unspecified atom stereocenters. The monoisotopic (exact) mass is 262 g/mol. The Balaban J connectivity index is 5.05. The van der Waals surface area contributed by atoms with Gasteiger partial charge in [0.2, 0.25) is 8.32 Å². The highest BCUT2D eigenvalue weighted by Crippen LogP contribution is 2.43. The standard InChI is InChI=1S/C13H30OSSi/c1-9(2)16(10(3)4,11(5)6)14-12(7)13(8)15/h9-13,15H,1-8H3/t12-,13-/m1/s1. The first-order valence-electron chi connectivity index (χ1n) is 6.52. The molecule has 0 bridgehead atoms. The third kappa shape index (κ3) is 3.51. The second-order valence-electron chi connectivity index (χ2n) is 5.88. The molecule has 0 amide bonds. The average molecular weight is 263 g/mol. The van der Waals surface area contributed by atoms with E-state index in [2.05, 4.69) is 68.0 Å². The second kappa shape index (κ2) is 6.46. The van der Waals surface area contributed by atoms with Crippen LogP contribution in [0.5, 0.6) is 0 Å². The van der Waals surface area contributed by atoms with Crippen molar-refractivity contribution in [3.63, 3.8) is 0 Å².